The van der Waals surface area contributed by atoms with Gasteiger partial charge >= 0.3 is 7.82 Å². The molecule has 0 atom stereocenters. The molecule has 4 N–H and O–H groups in total. The number of halogens is 2. The summed E-state index contributed by atoms with van der Waals surface area (Å²) in [5.74, 6) is 0.222. The molecule has 182 valence electrons. The van der Waals surface area contributed by atoms with Crippen LogP contribution in [0.2, 0.25) is 5.15 Å². The molecular weight excluding hydrogens is 504 g/mol. The van der Waals surface area contributed by atoms with E-state index in [0.29, 0.717) is 29.3 Å². The van der Waals surface area contributed by atoms with Crippen molar-refractivity contribution in [1.29, 1.82) is 0 Å². The molecule has 0 amide bonds. The largest absolute Gasteiger partial charge is 0.473 e. The molecule has 11 nitrogen and oxygen atoms in total. The van der Waals surface area contributed by atoms with Crippen LogP contribution in [0.5, 0.6) is 5.88 Å². The highest BCUT2D eigenvalue weighted by molar-refractivity contribution is 7.46. The van der Waals surface area contributed by atoms with Gasteiger partial charge in [0.1, 0.15) is 12.2 Å². The molecule has 0 unspecified atom stereocenters. The average Bonchev–Trinajstić information content (AvgIpc) is 3.28. The molecule has 0 fully saturated rings. The summed E-state index contributed by atoms with van der Waals surface area (Å²) in [6.45, 7) is -0.489. The molecule has 14 heteroatoms. The Morgan fingerprint density at radius 3 is 2.80 bits per heavy atom. The van der Waals surface area contributed by atoms with E-state index in [4.69, 9.17) is 36.4 Å². The third-order valence-corrected chi connectivity index (χ3v) is 5.50. The second kappa shape index (κ2) is 10.5. The Hall–Kier alpha value is -3.41. The third-order valence-electron chi connectivity index (χ3n) is 4.79. The van der Waals surface area contributed by atoms with Crippen LogP contribution < -0.4 is 15.0 Å². The van der Waals surface area contributed by atoms with Gasteiger partial charge in [-0.15, -0.1) is 0 Å². The van der Waals surface area contributed by atoms with Crippen molar-refractivity contribution in [3.05, 3.63) is 82.8 Å². The summed E-state index contributed by atoms with van der Waals surface area (Å²) in [4.78, 5) is 25.7. The highest BCUT2D eigenvalue weighted by Gasteiger charge is 2.20. The molecule has 0 saturated carbocycles. The van der Waals surface area contributed by atoms with Crippen LogP contribution in [0.1, 0.15) is 16.8 Å². The monoisotopic (exact) mass is 522 g/mol. The molecule has 0 aliphatic carbocycles. The van der Waals surface area contributed by atoms with Crippen LogP contribution in [0.25, 0.3) is 11.3 Å². The van der Waals surface area contributed by atoms with Crippen molar-refractivity contribution < 1.29 is 37.1 Å². The molecule has 0 radical (unpaired) electrons. The minimum Gasteiger partial charge on any atom is -0.473 e. The van der Waals surface area contributed by atoms with Crippen molar-refractivity contribution in [3.8, 4) is 17.2 Å². The van der Waals surface area contributed by atoms with Crippen LogP contribution in [-0.4, -0.2) is 24.9 Å². The van der Waals surface area contributed by atoms with Gasteiger partial charge < -0.3 is 19.0 Å². The lowest BCUT2D eigenvalue weighted by molar-refractivity contribution is -0.711. The van der Waals surface area contributed by atoms with Crippen LogP contribution in [-0.2, 0) is 28.8 Å². The molecule has 0 aliphatic heterocycles. The second-order valence-electron chi connectivity index (χ2n) is 7.25. The van der Waals surface area contributed by atoms with Gasteiger partial charge in [-0.05, 0) is 23.8 Å². The Morgan fingerprint density at radius 1 is 1.23 bits per heavy atom. The predicted molar refractivity (Wildman–Crippen MR) is 120 cm³/mol. The number of phosphoric ester groups is 1. The van der Waals surface area contributed by atoms with Crippen molar-refractivity contribution in [2.75, 3.05) is 5.73 Å². The predicted octanol–water partition coefficient (Wildman–Crippen LogP) is 3.03. The lowest BCUT2D eigenvalue weighted by atomic mass is 10.1. The fourth-order valence-corrected chi connectivity index (χ4v) is 3.52. The van der Waals surface area contributed by atoms with E-state index in [2.05, 4.69) is 19.6 Å². The number of pyridine rings is 3. The number of rotatable bonds is 9. The topological polar surface area (TPSA) is 158 Å². The van der Waals surface area contributed by atoms with E-state index in [1.807, 2.05) is 0 Å². The van der Waals surface area contributed by atoms with Gasteiger partial charge in [0.2, 0.25) is 12.6 Å². The zero-order valence-electron chi connectivity index (χ0n) is 17.9. The van der Waals surface area contributed by atoms with Crippen molar-refractivity contribution in [2.24, 2.45) is 0 Å². The van der Waals surface area contributed by atoms with E-state index in [1.165, 1.54) is 23.0 Å². The molecule has 0 spiro atoms. The molecule has 0 aromatic carbocycles. The van der Waals surface area contributed by atoms with Gasteiger partial charge in [-0.1, -0.05) is 22.8 Å². The van der Waals surface area contributed by atoms with E-state index in [0.717, 1.165) is 5.56 Å². The first kappa shape index (κ1) is 24.7. The molecule has 0 bridgehead atoms. The molecule has 0 saturated heterocycles. The fourth-order valence-electron chi connectivity index (χ4n) is 3.07. The highest BCUT2D eigenvalue weighted by Crippen LogP contribution is 2.35. The number of phosphoric acid groups is 1. The maximum atomic E-state index is 13.9. The number of aromatic nitrogens is 4. The Labute approximate surface area is 203 Å². The van der Waals surface area contributed by atoms with Crippen molar-refractivity contribution in [3.63, 3.8) is 0 Å². The van der Waals surface area contributed by atoms with Crippen LogP contribution in [0.15, 0.2) is 59.5 Å². The van der Waals surface area contributed by atoms with Gasteiger partial charge in [-0.2, -0.15) is 0 Å². The number of anilines is 1. The third kappa shape index (κ3) is 6.38. The lowest BCUT2D eigenvalue weighted by Gasteiger charge is -2.07. The van der Waals surface area contributed by atoms with Gasteiger partial charge in [-0.3, -0.25) is 5.73 Å². The van der Waals surface area contributed by atoms with E-state index < -0.39 is 20.4 Å². The highest BCUT2D eigenvalue weighted by atomic mass is 35.5. The summed E-state index contributed by atoms with van der Waals surface area (Å²) in [5.41, 5.74) is 8.26. The summed E-state index contributed by atoms with van der Waals surface area (Å²) in [6, 6.07) is 9.92. The first-order chi connectivity index (χ1) is 16.7. The number of nitrogen functional groups attached to an aromatic ring is 1. The standard InChI is InChI=1S/C21H18ClFN5O6P/c22-20-19(23)14(5-6-25-20)11-32-18-4-3-13(10-26-18)8-15-9-17(34-27-15)16-2-1-7-28(21(16)24)12-33-35(29,30)31/h1-7,9-10,24H,8,11-12H2,(H2,29,30,31)/p+1. The van der Waals surface area contributed by atoms with Crippen molar-refractivity contribution in [2.45, 2.75) is 19.8 Å². The Kier molecular flexibility index (Phi) is 7.39. The second-order valence-corrected chi connectivity index (χ2v) is 8.85. The molecule has 4 aromatic heterocycles. The fraction of sp³-hybridized carbons (Fsp3) is 0.143. The summed E-state index contributed by atoms with van der Waals surface area (Å²) in [7, 11) is -4.65. The number of hydrogen-bond acceptors (Lipinski definition) is 8. The van der Waals surface area contributed by atoms with Gasteiger partial charge in [0.15, 0.2) is 16.7 Å². The van der Waals surface area contributed by atoms with Crippen LogP contribution in [0.3, 0.4) is 0 Å². The van der Waals surface area contributed by atoms with Gasteiger partial charge in [-0.25, -0.2) is 28.0 Å². The summed E-state index contributed by atoms with van der Waals surface area (Å²) in [5, 5.41) is 3.83. The SMILES string of the molecule is Nc1c(-c2cc(Cc3ccc(OCc4ccnc(Cl)c4F)nc3)no2)ccc[n+]1COP(=O)(O)O. The quantitative estimate of drug-likeness (QED) is 0.169. The van der Waals surface area contributed by atoms with E-state index >= 15 is 0 Å². The van der Waals surface area contributed by atoms with Crippen molar-refractivity contribution >= 4 is 25.2 Å². The maximum absolute atomic E-state index is 13.9. The first-order valence-corrected chi connectivity index (χ1v) is 11.9. The average molecular weight is 523 g/mol. The number of nitrogens with two attached hydrogens (primary N) is 1. The van der Waals surface area contributed by atoms with Gasteiger partial charge in [0.25, 0.3) is 5.82 Å². The van der Waals surface area contributed by atoms with Gasteiger partial charge in [0, 0.05) is 36.5 Å². The first-order valence-electron chi connectivity index (χ1n) is 10.00. The zero-order valence-corrected chi connectivity index (χ0v) is 19.6. The van der Waals surface area contributed by atoms with Crippen LogP contribution in [0, 0.1) is 5.82 Å². The van der Waals surface area contributed by atoms with E-state index in [1.54, 1.807) is 36.5 Å². The van der Waals surface area contributed by atoms with E-state index in [9.17, 15) is 8.96 Å². The van der Waals surface area contributed by atoms with E-state index in [-0.39, 0.29) is 23.1 Å². The molecule has 35 heavy (non-hydrogen) atoms. The number of hydrogen-bond donors (Lipinski definition) is 3. The smallest absolute Gasteiger partial charge is 0.472 e. The summed E-state index contributed by atoms with van der Waals surface area (Å²) >= 11 is 5.67. The Morgan fingerprint density at radius 2 is 2.06 bits per heavy atom. The van der Waals surface area contributed by atoms with Crippen LogP contribution in [0.4, 0.5) is 10.2 Å². The molecule has 0 aliphatic rings. The Bertz CT molecular complexity index is 1380. The normalized spacial score (nSPS) is 11.5. The number of ether oxygens (including phenoxy) is 1. The molecular formula is C21H19ClFN5O6P+. The number of nitrogens with zero attached hydrogens (tertiary/aromatic N) is 4. The van der Waals surface area contributed by atoms with Gasteiger partial charge in [0.05, 0.1) is 11.9 Å². The Balaban J connectivity index is 1.40. The summed E-state index contributed by atoms with van der Waals surface area (Å²) in [6.07, 6.45) is 4.91. The lowest BCUT2D eigenvalue weighted by Crippen LogP contribution is -2.38. The summed E-state index contributed by atoms with van der Waals surface area (Å²) < 4.78 is 41.6. The van der Waals surface area contributed by atoms with Crippen LogP contribution >= 0.6 is 19.4 Å². The molecule has 4 rings (SSSR count). The maximum Gasteiger partial charge on any atom is 0.472 e. The minimum atomic E-state index is -4.65. The molecule has 4 heterocycles. The molecule has 4 aromatic rings. The minimum absolute atomic E-state index is 0.0508. The van der Waals surface area contributed by atoms with Crippen molar-refractivity contribution in [1.82, 2.24) is 15.1 Å². The zero-order chi connectivity index (χ0) is 25.0.